The van der Waals surface area contributed by atoms with Crippen LogP contribution in [0, 0.1) is 0 Å². The molecular weight excluding hydrogens is 358 g/mol. The maximum atomic E-state index is 12.0. The number of carbonyl (C=O) groups is 2. The number of likely N-dealkylation sites (N-methyl/N-ethyl adjacent to an activating group) is 1. The fourth-order valence-electron chi connectivity index (χ4n) is 3.48. The van der Waals surface area contributed by atoms with Gasteiger partial charge in [-0.3, -0.25) is 9.59 Å². The summed E-state index contributed by atoms with van der Waals surface area (Å²) in [6, 6.07) is 0. The van der Waals surface area contributed by atoms with Crippen LogP contribution in [0.5, 0.6) is 0 Å². The third-order valence-electron chi connectivity index (χ3n) is 4.94. The maximum Gasteiger partial charge on any atom is 0.307 e. The van der Waals surface area contributed by atoms with E-state index in [2.05, 4.69) is 6.92 Å². The number of ether oxygens (including phenoxy) is 1. The van der Waals surface area contributed by atoms with E-state index in [0.717, 1.165) is 12.8 Å². The highest BCUT2D eigenvalue weighted by atomic mass is 16.6. The van der Waals surface area contributed by atoms with E-state index >= 15 is 0 Å². The molecule has 0 rings (SSSR count). The lowest BCUT2D eigenvalue weighted by Gasteiger charge is -2.28. The minimum atomic E-state index is -0.924. The number of esters is 1. The molecule has 0 aromatic rings. The van der Waals surface area contributed by atoms with Gasteiger partial charge in [-0.15, -0.1) is 0 Å². The second-order valence-electron chi connectivity index (χ2n) is 9.18. The predicted molar refractivity (Wildman–Crippen MR) is 115 cm³/mol. The van der Waals surface area contributed by atoms with E-state index in [1.807, 2.05) is 21.1 Å². The molecule has 0 aromatic heterocycles. The lowest BCUT2D eigenvalue weighted by molar-refractivity contribution is -0.873. The molecule has 5 heteroatoms. The number of aliphatic carboxylic acids is 1. The van der Waals surface area contributed by atoms with Crippen molar-refractivity contribution >= 4 is 11.9 Å². The predicted octanol–water partition coefficient (Wildman–Crippen LogP) is 5.56. The van der Waals surface area contributed by atoms with Crippen LogP contribution in [0.15, 0.2) is 0 Å². The number of hydrogen-bond donors (Lipinski definition) is 1. The molecular formula is C23H46NO4+. The summed E-state index contributed by atoms with van der Waals surface area (Å²) in [5.41, 5.74) is 0. The lowest BCUT2D eigenvalue weighted by atomic mass is 10.1. The average Bonchev–Trinajstić information content (AvgIpc) is 2.56. The molecule has 1 atom stereocenters. The highest BCUT2D eigenvalue weighted by Gasteiger charge is 2.24. The van der Waals surface area contributed by atoms with Crippen molar-refractivity contribution in [3.8, 4) is 0 Å². The normalized spacial score (nSPS) is 12.7. The van der Waals surface area contributed by atoms with E-state index in [1.165, 1.54) is 70.6 Å². The first-order valence-electron chi connectivity index (χ1n) is 11.5. The molecule has 0 aliphatic heterocycles. The molecule has 0 heterocycles. The Morgan fingerprint density at radius 3 is 1.61 bits per heavy atom. The van der Waals surface area contributed by atoms with Crippen LogP contribution in [0.1, 0.15) is 103 Å². The molecule has 0 fully saturated rings. The Hall–Kier alpha value is -1.10. The van der Waals surface area contributed by atoms with Gasteiger partial charge in [0.25, 0.3) is 0 Å². The smallest absolute Gasteiger partial charge is 0.307 e. The summed E-state index contributed by atoms with van der Waals surface area (Å²) in [7, 11) is 5.90. The molecule has 0 amide bonds. The number of unbranched alkanes of at least 4 members (excludes halogenated alkanes) is 12. The molecule has 0 saturated heterocycles. The highest BCUT2D eigenvalue weighted by Crippen LogP contribution is 2.14. The summed E-state index contributed by atoms with van der Waals surface area (Å²) in [5, 5.41) is 8.99. The molecule has 0 saturated carbocycles. The Morgan fingerprint density at radius 2 is 1.21 bits per heavy atom. The van der Waals surface area contributed by atoms with Gasteiger partial charge in [0.2, 0.25) is 0 Å². The number of quaternary nitrogens is 1. The fraction of sp³-hybridized carbons (Fsp3) is 0.913. The summed E-state index contributed by atoms with van der Waals surface area (Å²) in [4.78, 5) is 23.0. The van der Waals surface area contributed by atoms with Crippen LogP contribution < -0.4 is 0 Å². The van der Waals surface area contributed by atoms with Gasteiger partial charge in [0, 0.05) is 6.42 Å². The van der Waals surface area contributed by atoms with Gasteiger partial charge in [-0.1, -0.05) is 84.0 Å². The number of rotatable bonds is 19. The zero-order chi connectivity index (χ0) is 21.3. The molecule has 0 aromatic carbocycles. The molecule has 0 aliphatic rings. The van der Waals surface area contributed by atoms with Crippen molar-refractivity contribution in [2.45, 2.75) is 109 Å². The SMILES string of the molecule is CCCCCCCCCCCC[13CH2][13CH2][13CH2][13C](=O)OC(CC(=O)O)C[N+](C)(C)C. The Labute approximate surface area is 173 Å². The monoisotopic (exact) mass is 404 g/mol. The van der Waals surface area contributed by atoms with Crippen molar-refractivity contribution in [2.75, 3.05) is 27.7 Å². The second-order valence-corrected chi connectivity index (χ2v) is 9.18. The van der Waals surface area contributed by atoms with Crippen LogP contribution in [-0.2, 0) is 14.3 Å². The largest absolute Gasteiger partial charge is 0.481 e. The van der Waals surface area contributed by atoms with Crippen molar-refractivity contribution in [1.82, 2.24) is 0 Å². The zero-order valence-electron chi connectivity index (χ0n) is 19.0. The third-order valence-corrected chi connectivity index (χ3v) is 4.94. The Bertz CT molecular complexity index is 404. The third kappa shape index (κ3) is 19.7. The van der Waals surface area contributed by atoms with Crippen LogP contribution >= 0.6 is 0 Å². The van der Waals surface area contributed by atoms with Crippen molar-refractivity contribution in [1.29, 1.82) is 0 Å². The summed E-state index contributed by atoms with van der Waals surface area (Å²) in [5.74, 6) is -1.19. The van der Waals surface area contributed by atoms with Crippen molar-refractivity contribution in [2.24, 2.45) is 0 Å². The van der Waals surface area contributed by atoms with Crippen LogP contribution in [0.25, 0.3) is 0 Å². The first kappa shape index (κ1) is 26.9. The Balaban J connectivity index is 3.63. The van der Waals surface area contributed by atoms with Gasteiger partial charge in [-0.25, -0.2) is 0 Å². The van der Waals surface area contributed by atoms with E-state index in [1.54, 1.807) is 0 Å². The molecule has 166 valence electrons. The first-order chi connectivity index (χ1) is 13.2. The first-order valence-corrected chi connectivity index (χ1v) is 11.5. The van der Waals surface area contributed by atoms with E-state index in [9.17, 15) is 9.59 Å². The minimum absolute atomic E-state index is 0.125. The van der Waals surface area contributed by atoms with Gasteiger partial charge in [-0.05, 0) is 6.42 Å². The number of nitrogens with zero attached hydrogens (tertiary/aromatic N) is 1. The quantitative estimate of drug-likeness (QED) is 0.132. The van der Waals surface area contributed by atoms with Crippen LogP contribution in [0.3, 0.4) is 0 Å². The second kappa shape index (κ2) is 16.8. The van der Waals surface area contributed by atoms with Crippen molar-refractivity contribution < 1.29 is 23.9 Å². The van der Waals surface area contributed by atoms with E-state index in [4.69, 9.17) is 9.84 Å². The molecule has 0 bridgehead atoms. The van der Waals surface area contributed by atoms with Gasteiger partial charge < -0.3 is 14.3 Å². The van der Waals surface area contributed by atoms with Gasteiger partial charge in [0.05, 0.1) is 27.6 Å². The average molecular weight is 405 g/mol. The topological polar surface area (TPSA) is 63.6 Å². The van der Waals surface area contributed by atoms with Gasteiger partial charge in [-0.2, -0.15) is 0 Å². The van der Waals surface area contributed by atoms with Gasteiger partial charge in [0.1, 0.15) is 6.54 Å². The van der Waals surface area contributed by atoms with Gasteiger partial charge in [0.15, 0.2) is 6.10 Å². The number of carboxylic acids is 1. The molecule has 1 unspecified atom stereocenters. The van der Waals surface area contributed by atoms with Gasteiger partial charge >= 0.3 is 11.9 Å². The van der Waals surface area contributed by atoms with Crippen LogP contribution in [0.2, 0.25) is 0 Å². The number of carbonyl (C=O) groups excluding carboxylic acids is 1. The molecule has 28 heavy (non-hydrogen) atoms. The lowest BCUT2D eigenvalue weighted by Crippen LogP contribution is -2.43. The highest BCUT2D eigenvalue weighted by molar-refractivity contribution is 5.71. The summed E-state index contributed by atoms with van der Waals surface area (Å²) >= 11 is 0. The van der Waals surface area contributed by atoms with E-state index < -0.39 is 12.1 Å². The van der Waals surface area contributed by atoms with Crippen molar-refractivity contribution in [3.63, 3.8) is 0 Å². The Morgan fingerprint density at radius 1 is 0.786 bits per heavy atom. The molecule has 0 radical (unpaired) electrons. The van der Waals surface area contributed by atoms with Crippen molar-refractivity contribution in [3.05, 3.63) is 0 Å². The molecule has 1 N–H and O–H groups in total. The van der Waals surface area contributed by atoms with Crippen LogP contribution in [0.4, 0.5) is 0 Å². The molecule has 5 nitrogen and oxygen atoms in total. The summed E-state index contributed by atoms with van der Waals surface area (Å²) in [6.45, 7) is 2.77. The Kier molecular flexibility index (Phi) is 16.2. The molecule has 0 spiro atoms. The number of carboxylic acid groups (broad SMARTS) is 1. The van der Waals surface area contributed by atoms with Crippen LogP contribution in [-0.4, -0.2) is 55.3 Å². The van der Waals surface area contributed by atoms with E-state index in [-0.39, 0.29) is 12.4 Å². The maximum absolute atomic E-state index is 12.0. The summed E-state index contributed by atoms with van der Waals surface area (Å²) in [6.07, 6.45) is 16.2. The van der Waals surface area contributed by atoms with E-state index in [0.29, 0.717) is 17.4 Å². The minimum Gasteiger partial charge on any atom is -0.481 e. The zero-order valence-corrected chi connectivity index (χ0v) is 19.0. The standard InChI is InChI=1S/C23H45NO4/c1-5-6-7-8-9-10-11-12-13-14-15-16-17-18-23(27)28-21(19-22(25)26)20-24(2,3)4/h21H,5-20H2,1-4H3/p+1/i16+1,17+1,18+1,23+1. The molecule has 0 aliphatic carbocycles. The number of hydrogen-bond acceptors (Lipinski definition) is 3. The summed E-state index contributed by atoms with van der Waals surface area (Å²) < 4.78 is 5.98. The fourth-order valence-corrected chi connectivity index (χ4v) is 3.48.